The molecule has 7 heteroatoms. The number of aliphatic carboxylic acids is 1. The van der Waals surface area contributed by atoms with E-state index in [1.54, 1.807) is 33.4 Å². The topological polar surface area (TPSA) is 93.3 Å². The molecule has 0 aliphatic carbocycles. The highest BCUT2D eigenvalue weighted by Gasteiger charge is 2.13. The van der Waals surface area contributed by atoms with Gasteiger partial charge < -0.3 is 10.4 Å². The number of rotatable bonds is 8. The van der Waals surface area contributed by atoms with Gasteiger partial charge in [-0.25, -0.2) is 4.79 Å². The van der Waals surface area contributed by atoms with Crippen LogP contribution < -0.4 is 11.0 Å². The molecule has 146 valence electrons. The van der Waals surface area contributed by atoms with Gasteiger partial charge in [-0.2, -0.15) is 0 Å². The lowest BCUT2D eigenvalue weighted by Gasteiger charge is -2.07. The van der Waals surface area contributed by atoms with Gasteiger partial charge in [-0.1, -0.05) is 31.2 Å². The first-order valence-corrected chi connectivity index (χ1v) is 9.28. The maximum atomic E-state index is 12.7. The Labute approximate surface area is 162 Å². The molecule has 0 spiro atoms. The van der Waals surface area contributed by atoms with E-state index in [1.807, 2.05) is 31.2 Å². The molecule has 7 nitrogen and oxygen atoms in total. The summed E-state index contributed by atoms with van der Waals surface area (Å²) < 4.78 is 3.37. The minimum Gasteiger partial charge on any atom is -0.481 e. The van der Waals surface area contributed by atoms with Gasteiger partial charge in [-0.3, -0.25) is 18.7 Å². The van der Waals surface area contributed by atoms with E-state index in [-0.39, 0.29) is 31.0 Å². The summed E-state index contributed by atoms with van der Waals surface area (Å²) in [6, 6.07) is 14.3. The van der Waals surface area contributed by atoms with Crippen LogP contribution in [0.15, 0.2) is 53.3 Å². The van der Waals surface area contributed by atoms with Crippen molar-refractivity contribution in [2.24, 2.45) is 0 Å². The summed E-state index contributed by atoms with van der Waals surface area (Å²) in [5.74, 6) is -1.15. The second-order valence-corrected chi connectivity index (χ2v) is 6.64. The predicted octanol–water partition coefficient (Wildman–Crippen LogP) is 2.87. The van der Waals surface area contributed by atoms with Gasteiger partial charge in [0.1, 0.15) is 0 Å². The molecule has 3 aromatic rings. The minimum atomic E-state index is -0.925. The zero-order valence-corrected chi connectivity index (χ0v) is 15.7. The number of carboxylic acid groups (broad SMARTS) is 1. The minimum absolute atomic E-state index is 0.101. The fourth-order valence-electron chi connectivity index (χ4n) is 3.30. The molecule has 3 rings (SSSR count). The average Bonchev–Trinajstić information content (AvgIpc) is 2.92. The first kappa shape index (κ1) is 19.4. The van der Waals surface area contributed by atoms with Crippen LogP contribution in [0, 0.1) is 0 Å². The second kappa shape index (κ2) is 8.56. The Hall–Kier alpha value is -3.35. The lowest BCUT2D eigenvalue weighted by atomic mass is 10.1. The highest BCUT2D eigenvalue weighted by molar-refractivity contribution is 5.91. The van der Waals surface area contributed by atoms with Crippen molar-refractivity contribution in [3.8, 4) is 0 Å². The summed E-state index contributed by atoms with van der Waals surface area (Å²) in [4.78, 5) is 35.9. The molecule has 0 atom stereocenters. The Bertz CT molecular complexity index is 1060. The summed E-state index contributed by atoms with van der Waals surface area (Å²) in [6.45, 7) is 2.93. The van der Waals surface area contributed by atoms with Crippen LogP contribution in [0.3, 0.4) is 0 Å². The summed E-state index contributed by atoms with van der Waals surface area (Å²) in [6.07, 6.45) is 0.889. The highest BCUT2D eigenvalue weighted by atomic mass is 16.4. The van der Waals surface area contributed by atoms with Crippen LogP contribution >= 0.6 is 0 Å². The van der Waals surface area contributed by atoms with E-state index in [2.05, 4.69) is 5.32 Å². The number of carbonyl (C=O) groups excluding carboxylic acids is 1. The molecular formula is C21H23N3O4. The molecule has 0 unspecified atom stereocenters. The average molecular weight is 381 g/mol. The zero-order valence-electron chi connectivity index (χ0n) is 15.7. The number of hydrogen-bond acceptors (Lipinski definition) is 3. The van der Waals surface area contributed by atoms with Crippen LogP contribution in [0.5, 0.6) is 0 Å². The van der Waals surface area contributed by atoms with E-state index in [9.17, 15) is 14.4 Å². The number of anilines is 1. The van der Waals surface area contributed by atoms with Gasteiger partial charge in [0.05, 0.1) is 17.5 Å². The van der Waals surface area contributed by atoms with Crippen LogP contribution in [0.4, 0.5) is 5.69 Å². The number of carboxylic acids is 1. The van der Waals surface area contributed by atoms with Crippen molar-refractivity contribution in [2.45, 2.75) is 39.3 Å². The van der Waals surface area contributed by atoms with Gasteiger partial charge in [0.15, 0.2) is 0 Å². The van der Waals surface area contributed by atoms with Gasteiger partial charge >= 0.3 is 11.7 Å². The number of amides is 1. The van der Waals surface area contributed by atoms with Crippen molar-refractivity contribution in [2.75, 3.05) is 5.32 Å². The highest BCUT2D eigenvalue weighted by Crippen LogP contribution is 2.15. The first-order chi connectivity index (χ1) is 13.5. The molecule has 0 saturated carbocycles. The lowest BCUT2D eigenvalue weighted by molar-refractivity contribution is -0.136. The summed E-state index contributed by atoms with van der Waals surface area (Å²) in [5.41, 5.74) is 2.74. The molecule has 0 saturated heterocycles. The Morgan fingerprint density at radius 1 is 1.00 bits per heavy atom. The van der Waals surface area contributed by atoms with E-state index < -0.39 is 5.97 Å². The van der Waals surface area contributed by atoms with Crippen molar-refractivity contribution < 1.29 is 14.7 Å². The van der Waals surface area contributed by atoms with Crippen LogP contribution in [-0.2, 0) is 29.1 Å². The molecule has 0 fully saturated rings. The lowest BCUT2D eigenvalue weighted by Crippen LogP contribution is -2.26. The summed E-state index contributed by atoms with van der Waals surface area (Å²) in [7, 11) is 0. The van der Waals surface area contributed by atoms with Crippen molar-refractivity contribution in [3.63, 3.8) is 0 Å². The van der Waals surface area contributed by atoms with E-state index in [4.69, 9.17) is 5.11 Å². The molecule has 2 N–H and O–H groups in total. The van der Waals surface area contributed by atoms with Crippen LogP contribution in [0.2, 0.25) is 0 Å². The number of nitrogens with one attached hydrogen (secondary N) is 1. The smallest absolute Gasteiger partial charge is 0.329 e. The van der Waals surface area contributed by atoms with E-state index in [0.29, 0.717) is 17.8 Å². The number of benzene rings is 2. The largest absolute Gasteiger partial charge is 0.481 e. The monoisotopic (exact) mass is 381 g/mol. The summed E-state index contributed by atoms with van der Waals surface area (Å²) in [5, 5.41) is 11.7. The predicted molar refractivity (Wildman–Crippen MR) is 108 cm³/mol. The third kappa shape index (κ3) is 4.31. The van der Waals surface area contributed by atoms with Crippen LogP contribution in [-0.4, -0.2) is 26.1 Å². The zero-order chi connectivity index (χ0) is 20.1. The van der Waals surface area contributed by atoms with Crippen LogP contribution in [0.1, 0.15) is 25.3 Å². The molecule has 0 radical (unpaired) electrons. The number of aryl methyl sites for hydroxylation is 2. The van der Waals surface area contributed by atoms with Gasteiger partial charge in [-0.15, -0.1) is 0 Å². The SMILES string of the molecule is CCCn1c(=O)n(CCC(=O)Nc2cccc(CC(=O)O)c2)c2ccccc21. The fourth-order valence-corrected chi connectivity index (χ4v) is 3.30. The van der Waals surface area contributed by atoms with Gasteiger partial charge in [-0.05, 0) is 36.2 Å². The van der Waals surface area contributed by atoms with Crippen molar-refractivity contribution in [1.29, 1.82) is 0 Å². The van der Waals surface area contributed by atoms with E-state index >= 15 is 0 Å². The molecule has 28 heavy (non-hydrogen) atoms. The van der Waals surface area contributed by atoms with Crippen molar-refractivity contribution in [3.05, 3.63) is 64.6 Å². The number of carbonyl (C=O) groups is 2. The van der Waals surface area contributed by atoms with E-state index in [1.165, 1.54) is 0 Å². The van der Waals surface area contributed by atoms with Gasteiger partial charge in [0.2, 0.25) is 5.91 Å². The van der Waals surface area contributed by atoms with Crippen molar-refractivity contribution in [1.82, 2.24) is 9.13 Å². The third-order valence-corrected chi connectivity index (χ3v) is 4.50. The Balaban J connectivity index is 1.72. The summed E-state index contributed by atoms with van der Waals surface area (Å²) >= 11 is 0. The molecule has 1 amide bonds. The van der Waals surface area contributed by atoms with E-state index in [0.717, 1.165) is 17.5 Å². The van der Waals surface area contributed by atoms with Crippen molar-refractivity contribution >= 4 is 28.6 Å². The normalized spacial score (nSPS) is 10.9. The molecular weight excluding hydrogens is 358 g/mol. The third-order valence-electron chi connectivity index (χ3n) is 4.50. The number of imidazole rings is 1. The second-order valence-electron chi connectivity index (χ2n) is 6.64. The molecule has 2 aromatic carbocycles. The number of fused-ring (bicyclic) bond motifs is 1. The molecule has 0 bridgehead atoms. The fraction of sp³-hybridized carbons (Fsp3) is 0.286. The van der Waals surface area contributed by atoms with Gasteiger partial charge in [0.25, 0.3) is 0 Å². The number of aromatic nitrogens is 2. The molecule has 0 aliphatic heterocycles. The standard InChI is InChI=1S/C21H23N3O4/c1-2-11-23-17-8-3-4-9-18(17)24(21(23)28)12-10-19(25)22-16-7-5-6-15(13-16)14-20(26)27/h3-9,13H,2,10-12,14H2,1H3,(H,22,25)(H,26,27). The molecule has 1 heterocycles. The van der Waals surface area contributed by atoms with Crippen LogP contribution in [0.25, 0.3) is 11.0 Å². The maximum absolute atomic E-state index is 12.7. The molecule has 0 aliphatic rings. The molecule has 1 aromatic heterocycles. The Morgan fingerprint density at radius 2 is 1.68 bits per heavy atom. The number of hydrogen-bond donors (Lipinski definition) is 2. The first-order valence-electron chi connectivity index (χ1n) is 9.28. The quantitative estimate of drug-likeness (QED) is 0.627. The Kier molecular flexibility index (Phi) is 5.93. The maximum Gasteiger partial charge on any atom is 0.329 e. The number of para-hydroxylation sites is 2. The van der Waals surface area contributed by atoms with Gasteiger partial charge in [0, 0.05) is 25.2 Å². The Morgan fingerprint density at radius 3 is 2.32 bits per heavy atom. The number of nitrogens with zero attached hydrogens (tertiary/aromatic N) is 2.